The van der Waals surface area contributed by atoms with Crippen molar-refractivity contribution in [2.45, 2.75) is 52.4 Å². The summed E-state index contributed by atoms with van der Waals surface area (Å²) in [6.07, 6.45) is 6.50. The van der Waals surface area contributed by atoms with E-state index in [0.29, 0.717) is 12.0 Å². The van der Waals surface area contributed by atoms with Crippen molar-refractivity contribution in [2.24, 2.45) is 0 Å². The highest BCUT2D eigenvalue weighted by atomic mass is 16.6. The topological polar surface area (TPSA) is 102 Å². The second-order valence-electron chi connectivity index (χ2n) is 5.16. The molecule has 0 aliphatic rings. The van der Waals surface area contributed by atoms with Crippen LogP contribution >= 0.6 is 0 Å². The van der Waals surface area contributed by atoms with E-state index in [-0.39, 0.29) is 17.3 Å². The summed E-state index contributed by atoms with van der Waals surface area (Å²) >= 11 is 0. The molecule has 1 rings (SSSR count). The van der Waals surface area contributed by atoms with Gasteiger partial charge in [-0.2, -0.15) is 0 Å². The van der Waals surface area contributed by atoms with Crippen molar-refractivity contribution in [2.75, 3.05) is 0 Å². The van der Waals surface area contributed by atoms with E-state index < -0.39 is 10.8 Å². The second kappa shape index (κ2) is 8.86. The van der Waals surface area contributed by atoms with Crippen molar-refractivity contribution < 1.29 is 14.5 Å². The first-order valence-electron chi connectivity index (χ1n) is 7.41. The van der Waals surface area contributed by atoms with E-state index in [9.17, 15) is 19.7 Å². The molecule has 0 aliphatic heterocycles. The van der Waals surface area contributed by atoms with Crippen molar-refractivity contribution in [1.29, 1.82) is 0 Å². The molecular formula is C15H21N3O4. The highest BCUT2D eigenvalue weighted by Gasteiger charge is 2.17. The molecule has 0 saturated carbocycles. The van der Waals surface area contributed by atoms with Crippen LogP contribution in [0.1, 0.15) is 61.4 Å². The molecule has 0 atom stereocenters. The van der Waals surface area contributed by atoms with E-state index in [4.69, 9.17) is 0 Å². The van der Waals surface area contributed by atoms with E-state index in [1.54, 1.807) is 6.92 Å². The molecule has 0 unspecified atom stereocenters. The third-order valence-electron chi connectivity index (χ3n) is 3.29. The SMILES string of the molecule is CCCCCCCC(=O)NC(=O)c1cnc([N+](=O)[O-])cc1C. The number of nitrogens with zero attached hydrogens (tertiary/aromatic N) is 2. The van der Waals surface area contributed by atoms with Crippen LogP contribution in [0.4, 0.5) is 5.82 Å². The van der Waals surface area contributed by atoms with Crippen LogP contribution in [0.3, 0.4) is 0 Å². The van der Waals surface area contributed by atoms with Crippen LogP contribution in [0.2, 0.25) is 0 Å². The van der Waals surface area contributed by atoms with Gasteiger partial charge >= 0.3 is 5.82 Å². The molecule has 0 bridgehead atoms. The van der Waals surface area contributed by atoms with E-state index in [0.717, 1.165) is 38.3 Å². The number of nitro groups is 1. The number of nitrogens with one attached hydrogen (secondary N) is 1. The molecule has 0 fully saturated rings. The van der Waals surface area contributed by atoms with Gasteiger partial charge in [0, 0.05) is 12.5 Å². The number of unbranched alkanes of at least 4 members (excludes halogenated alkanes) is 4. The summed E-state index contributed by atoms with van der Waals surface area (Å²) < 4.78 is 0. The van der Waals surface area contributed by atoms with Gasteiger partial charge in [-0.3, -0.25) is 14.9 Å². The molecule has 0 aromatic carbocycles. The summed E-state index contributed by atoms with van der Waals surface area (Å²) in [5, 5.41) is 12.9. The molecule has 120 valence electrons. The first kappa shape index (κ1) is 17.7. The number of carbonyl (C=O) groups excluding carboxylic acids is 2. The lowest BCUT2D eigenvalue weighted by molar-refractivity contribution is -0.389. The highest BCUT2D eigenvalue weighted by Crippen LogP contribution is 2.13. The van der Waals surface area contributed by atoms with Crippen molar-refractivity contribution in [3.63, 3.8) is 0 Å². The van der Waals surface area contributed by atoms with Crippen molar-refractivity contribution >= 4 is 17.6 Å². The number of rotatable bonds is 8. The molecule has 1 heterocycles. The maximum atomic E-state index is 12.0. The van der Waals surface area contributed by atoms with Crippen LogP contribution in [-0.2, 0) is 4.79 Å². The third kappa shape index (κ3) is 5.59. The first-order chi connectivity index (χ1) is 10.5. The number of carbonyl (C=O) groups is 2. The molecule has 0 saturated heterocycles. The van der Waals surface area contributed by atoms with Crippen LogP contribution < -0.4 is 5.32 Å². The van der Waals surface area contributed by atoms with E-state index in [2.05, 4.69) is 17.2 Å². The van der Waals surface area contributed by atoms with E-state index in [1.807, 2.05) is 0 Å². The fourth-order valence-electron chi connectivity index (χ4n) is 2.02. The van der Waals surface area contributed by atoms with Gasteiger partial charge in [-0.05, 0) is 28.8 Å². The smallest absolute Gasteiger partial charge is 0.358 e. The zero-order valence-electron chi connectivity index (χ0n) is 12.9. The van der Waals surface area contributed by atoms with Crippen molar-refractivity contribution in [3.8, 4) is 0 Å². The summed E-state index contributed by atoms with van der Waals surface area (Å²) in [7, 11) is 0. The van der Waals surface area contributed by atoms with Crippen molar-refractivity contribution in [1.82, 2.24) is 10.3 Å². The highest BCUT2D eigenvalue weighted by molar-refractivity contribution is 6.05. The summed E-state index contributed by atoms with van der Waals surface area (Å²) in [5.74, 6) is -1.23. The van der Waals surface area contributed by atoms with Crippen LogP contribution in [-0.4, -0.2) is 21.7 Å². The lowest BCUT2D eigenvalue weighted by Crippen LogP contribution is -2.30. The number of hydrogen-bond acceptors (Lipinski definition) is 5. The quantitative estimate of drug-likeness (QED) is 0.452. The fourth-order valence-corrected chi connectivity index (χ4v) is 2.02. The maximum absolute atomic E-state index is 12.0. The largest absolute Gasteiger partial charge is 0.363 e. The van der Waals surface area contributed by atoms with Gasteiger partial charge in [0.25, 0.3) is 5.91 Å². The van der Waals surface area contributed by atoms with Crippen molar-refractivity contribution in [3.05, 3.63) is 33.5 Å². The summed E-state index contributed by atoms with van der Waals surface area (Å²) in [4.78, 5) is 37.2. The van der Waals surface area contributed by atoms with Crippen LogP contribution in [0.5, 0.6) is 0 Å². The van der Waals surface area contributed by atoms with Gasteiger partial charge in [-0.1, -0.05) is 32.6 Å². The molecule has 1 aromatic rings. The van der Waals surface area contributed by atoms with Gasteiger partial charge in [-0.15, -0.1) is 0 Å². The number of imide groups is 1. The van der Waals surface area contributed by atoms with Gasteiger partial charge in [-0.25, -0.2) is 0 Å². The molecule has 1 aromatic heterocycles. The Bertz CT molecular complexity index is 558. The van der Waals surface area contributed by atoms with E-state index >= 15 is 0 Å². The zero-order chi connectivity index (χ0) is 16.5. The minimum Gasteiger partial charge on any atom is -0.358 e. The number of amides is 2. The predicted molar refractivity (Wildman–Crippen MR) is 81.5 cm³/mol. The number of hydrogen-bond donors (Lipinski definition) is 1. The van der Waals surface area contributed by atoms with Gasteiger partial charge in [0.1, 0.15) is 0 Å². The predicted octanol–water partition coefficient (Wildman–Crippen LogP) is 2.92. The minimum atomic E-state index is -0.629. The Morgan fingerprint density at radius 2 is 1.95 bits per heavy atom. The summed E-state index contributed by atoms with van der Waals surface area (Å²) in [5.41, 5.74) is 0.583. The molecule has 22 heavy (non-hydrogen) atoms. The Balaban J connectivity index is 2.51. The Kier molecular flexibility index (Phi) is 7.15. The molecule has 0 aliphatic carbocycles. The molecule has 0 spiro atoms. The lowest BCUT2D eigenvalue weighted by Gasteiger charge is -2.05. The Hall–Kier alpha value is -2.31. The maximum Gasteiger partial charge on any atom is 0.363 e. The lowest BCUT2D eigenvalue weighted by atomic mass is 10.1. The molecule has 0 radical (unpaired) electrons. The second-order valence-corrected chi connectivity index (χ2v) is 5.16. The van der Waals surface area contributed by atoms with Gasteiger partial charge in [0.15, 0.2) is 6.20 Å². The molecule has 1 N–H and O–H groups in total. The number of aromatic nitrogens is 1. The Labute approximate surface area is 129 Å². The van der Waals surface area contributed by atoms with Gasteiger partial charge in [0.2, 0.25) is 5.91 Å². The Morgan fingerprint density at radius 3 is 2.55 bits per heavy atom. The van der Waals surface area contributed by atoms with Gasteiger partial charge in [0.05, 0.1) is 5.56 Å². The van der Waals surface area contributed by atoms with Crippen LogP contribution in [0.25, 0.3) is 0 Å². The minimum absolute atomic E-state index is 0.171. The summed E-state index contributed by atoms with van der Waals surface area (Å²) in [6.45, 7) is 3.69. The average molecular weight is 307 g/mol. The molecule has 2 amide bonds. The third-order valence-corrected chi connectivity index (χ3v) is 3.29. The standard InChI is InChI=1S/C15H21N3O4/c1-3-4-5-6-7-8-14(19)17-15(20)12-10-16-13(18(21)22)9-11(12)2/h9-10H,3-8H2,1-2H3,(H,17,19,20). The summed E-state index contributed by atoms with van der Waals surface area (Å²) in [6, 6.07) is 1.21. The molecular weight excluding hydrogens is 286 g/mol. The first-order valence-corrected chi connectivity index (χ1v) is 7.41. The normalized spacial score (nSPS) is 10.3. The average Bonchev–Trinajstić information content (AvgIpc) is 2.46. The van der Waals surface area contributed by atoms with Crippen LogP contribution in [0.15, 0.2) is 12.3 Å². The Morgan fingerprint density at radius 1 is 1.27 bits per heavy atom. The monoisotopic (exact) mass is 307 g/mol. The zero-order valence-corrected chi connectivity index (χ0v) is 12.9. The van der Waals surface area contributed by atoms with Gasteiger partial charge < -0.3 is 10.1 Å². The molecule has 7 nitrogen and oxygen atoms in total. The number of pyridine rings is 1. The number of aryl methyl sites for hydroxylation is 1. The van der Waals surface area contributed by atoms with E-state index in [1.165, 1.54) is 6.07 Å². The van der Waals surface area contributed by atoms with Crippen LogP contribution in [0, 0.1) is 17.0 Å². The fraction of sp³-hybridized carbons (Fsp3) is 0.533. The molecule has 7 heteroatoms.